The third-order valence-electron chi connectivity index (χ3n) is 3.06. The lowest BCUT2D eigenvalue weighted by Crippen LogP contribution is -2.16. The van der Waals surface area contributed by atoms with Gasteiger partial charge in [-0.15, -0.1) is 0 Å². The highest BCUT2D eigenvalue weighted by molar-refractivity contribution is 9.10. The van der Waals surface area contributed by atoms with Crippen molar-refractivity contribution in [1.29, 1.82) is 0 Å². The molecule has 0 aliphatic rings. The molecule has 116 valence electrons. The quantitative estimate of drug-likeness (QED) is 0.685. The minimum atomic E-state index is -0.362. The summed E-state index contributed by atoms with van der Waals surface area (Å²) in [5.74, 6) is -0.362. The average Bonchev–Trinajstić information content (AvgIpc) is 3.05. The molecule has 0 aliphatic carbocycles. The molecule has 0 aliphatic heterocycles. The van der Waals surface area contributed by atoms with Gasteiger partial charge in [-0.1, -0.05) is 29.3 Å². The van der Waals surface area contributed by atoms with E-state index in [-0.39, 0.29) is 5.91 Å². The fourth-order valence-electron chi connectivity index (χ4n) is 2.03. The van der Waals surface area contributed by atoms with Crippen molar-refractivity contribution in [2.24, 2.45) is 0 Å². The molecule has 1 aromatic heterocycles. The van der Waals surface area contributed by atoms with Gasteiger partial charge in [-0.25, -0.2) is 9.67 Å². The molecule has 3 aromatic rings. The predicted octanol–water partition coefficient (Wildman–Crippen LogP) is 4.59. The van der Waals surface area contributed by atoms with Gasteiger partial charge in [0.2, 0.25) is 0 Å². The Bertz CT molecular complexity index is 868. The molecule has 0 atom stereocenters. The molecule has 3 rings (SSSR count). The second kappa shape index (κ2) is 6.70. The standard InChI is InChI=1S/C15H9BrCl2N4O/c16-10-5-4-9(6-12(10)18)21-15(23)14-11(17)2-1-3-13(14)22-8-19-7-20-22/h1-8H,(H,21,23). The average molecular weight is 412 g/mol. The Morgan fingerprint density at radius 1 is 1.17 bits per heavy atom. The molecular weight excluding hydrogens is 403 g/mol. The van der Waals surface area contributed by atoms with E-state index in [0.717, 1.165) is 4.47 Å². The van der Waals surface area contributed by atoms with Crippen molar-refractivity contribution in [2.75, 3.05) is 5.32 Å². The second-order valence-corrected chi connectivity index (χ2v) is 6.23. The Labute approximate surface area is 150 Å². The lowest BCUT2D eigenvalue weighted by molar-refractivity contribution is 0.102. The number of hydrogen-bond donors (Lipinski definition) is 1. The summed E-state index contributed by atoms with van der Waals surface area (Å²) in [5, 5.41) is 7.64. The number of carbonyl (C=O) groups is 1. The number of aromatic nitrogens is 3. The maximum absolute atomic E-state index is 12.6. The largest absolute Gasteiger partial charge is 0.322 e. The zero-order valence-corrected chi connectivity index (χ0v) is 14.6. The number of halogens is 3. The number of rotatable bonds is 3. The summed E-state index contributed by atoms with van der Waals surface area (Å²) in [4.78, 5) is 16.5. The molecule has 2 aromatic carbocycles. The Hall–Kier alpha value is -1.89. The number of hydrogen-bond acceptors (Lipinski definition) is 3. The lowest BCUT2D eigenvalue weighted by atomic mass is 10.1. The van der Waals surface area contributed by atoms with E-state index in [1.807, 2.05) is 0 Å². The SMILES string of the molecule is O=C(Nc1ccc(Br)c(Cl)c1)c1c(Cl)cccc1-n1cncn1. The van der Waals surface area contributed by atoms with E-state index in [1.165, 1.54) is 17.3 Å². The summed E-state index contributed by atoms with van der Waals surface area (Å²) in [6.07, 6.45) is 2.88. The first-order chi connectivity index (χ1) is 11.1. The van der Waals surface area contributed by atoms with Crippen LogP contribution in [0.25, 0.3) is 5.69 Å². The molecule has 5 nitrogen and oxygen atoms in total. The second-order valence-electron chi connectivity index (χ2n) is 4.56. The van der Waals surface area contributed by atoms with E-state index in [4.69, 9.17) is 23.2 Å². The first-order valence-corrected chi connectivity index (χ1v) is 8.01. The van der Waals surface area contributed by atoms with Crippen LogP contribution in [-0.2, 0) is 0 Å². The number of anilines is 1. The topological polar surface area (TPSA) is 59.8 Å². The van der Waals surface area contributed by atoms with Crippen LogP contribution < -0.4 is 5.32 Å². The van der Waals surface area contributed by atoms with Crippen molar-refractivity contribution < 1.29 is 4.79 Å². The molecule has 0 spiro atoms. The molecule has 1 heterocycles. The van der Waals surface area contributed by atoms with E-state index in [9.17, 15) is 4.79 Å². The molecule has 0 fully saturated rings. The van der Waals surface area contributed by atoms with Gasteiger partial charge in [-0.05, 0) is 46.3 Å². The van der Waals surface area contributed by atoms with E-state index in [1.54, 1.807) is 36.4 Å². The summed E-state index contributed by atoms with van der Waals surface area (Å²) in [6, 6.07) is 10.3. The van der Waals surface area contributed by atoms with Gasteiger partial charge in [0, 0.05) is 10.2 Å². The van der Waals surface area contributed by atoms with E-state index < -0.39 is 0 Å². The molecule has 0 radical (unpaired) electrons. The van der Waals surface area contributed by atoms with Crippen LogP contribution in [0.5, 0.6) is 0 Å². The molecule has 0 saturated carbocycles. The highest BCUT2D eigenvalue weighted by Crippen LogP contribution is 2.27. The predicted molar refractivity (Wildman–Crippen MR) is 93.5 cm³/mol. The molecule has 1 amide bonds. The van der Waals surface area contributed by atoms with Gasteiger partial charge in [-0.3, -0.25) is 4.79 Å². The van der Waals surface area contributed by atoms with E-state index in [0.29, 0.717) is 27.0 Å². The summed E-state index contributed by atoms with van der Waals surface area (Å²) in [6.45, 7) is 0. The number of amides is 1. The fourth-order valence-corrected chi connectivity index (χ4v) is 2.71. The van der Waals surface area contributed by atoms with Crippen molar-refractivity contribution in [3.05, 3.63) is 69.1 Å². The van der Waals surface area contributed by atoms with Gasteiger partial charge in [0.05, 0.1) is 21.3 Å². The molecule has 0 unspecified atom stereocenters. The van der Waals surface area contributed by atoms with Crippen molar-refractivity contribution in [1.82, 2.24) is 14.8 Å². The van der Waals surface area contributed by atoms with Gasteiger partial charge in [0.1, 0.15) is 12.7 Å². The Morgan fingerprint density at radius 3 is 2.70 bits per heavy atom. The first-order valence-electron chi connectivity index (χ1n) is 6.46. The summed E-state index contributed by atoms with van der Waals surface area (Å²) in [5.41, 5.74) is 1.40. The van der Waals surface area contributed by atoms with Crippen molar-refractivity contribution in [3.8, 4) is 5.69 Å². The maximum Gasteiger partial charge on any atom is 0.259 e. The number of nitrogens with one attached hydrogen (secondary N) is 1. The zero-order chi connectivity index (χ0) is 16.4. The molecule has 23 heavy (non-hydrogen) atoms. The zero-order valence-electron chi connectivity index (χ0n) is 11.5. The monoisotopic (exact) mass is 410 g/mol. The number of benzene rings is 2. The molecule has 0 bridgehead atoms. The van der Waals surface area contributed by atoms with Crippen LogP contribution in [0.1, 0.15) is 10.4 Å². The lowest BCUT2D eigenvalue weighted by Gasteiger charge is -2.12. The van der Waals surface area contributed by atoms with Crippen LogP contribution in [0.2, 0.25) is 10.0 Å². The van der Waals surface area contributed by atoms with Crippen molar-refractivity contribution in [3.63, 3.8) is 0 Å². The van der Waals surface area contributed by atoms with Gasteiger partial charge >= 0.3 is 0 Å². The normalized spacial score (nSPS) is 10.6. The summed E-state index contributed by atoms with van der Waals surface area (Å²) in [7, 11) is 0. The van der Waals surface area contributed by atoms with Gasteiger partial charge in [0.25, 0.3) is 5.91 Å². The number of nitrogens with zero attached hydrogens (tertiary/aromatic N) is 3. The van der Waals surface area contributed by atoms with Crippen molar-refractivity contribution >= 4 is 50.7 Å². The van der Waals surface area contributed by atoms with Gasteiger partial charge < -0.3 is 5.32 Å². The minimum Gasteiger partial charge on any atom is -0.322 e. The van der Waals surface area contributed by atoms with Crippen LogP contribution in [0.4, 0.5) is 5.69 Å². The van der Waals surface area contributed by atoms with Gasteiger partial charge in [0.15, 0.2) is 0 Å². The Kier molecular flexibility index (Phi) is 4.66. The minimum absolute atomic E-state index is 0.304. The number of carbonyl (C=O) groups excluding carboxylic acids is 1. The third-order valence-corrected chi connectivity index (χ3v) is 4.61. The van der Waals surface area contributed by atoms with Crippen LogP contribution in [0.15, 0.2) is 53.5 Å². The van der Waals surface area contributed by atoms with Gasteiger partial charge in [-0.2, -0.15) is 5.10 Å². The molecule has 8 heteroatoms. The van der Waals surface area contributed by atoms with E-state index in [2.05, 4.69) is 31.3 Å². The maximum atomic E-state index is 12.6. The fraction of sp³-hybridized carbons (Fsp3) is 0. The van der Waals surface area contributed by atoms with Crippen molar-refractivity contribution in [2.45, 2.75) is 0 Å². The summed E-state index contributed by atoms with van der Waals surface area (Å²) < 4.78 is 2.23. The molecule has 0 saturated heterocycles. The van der Waals surface area contributed by atoms with Crippen LogP contribution in [0.3, 0.4) is 0 Å². The van der Waals surface area contributed by atoms with E-state index >= 15 is 0 Å². The van der Waals surface area contributed by atoms with Crippen LogP contribution >= 0.6 is 39.1 Å². The van der Waals surface area contributed by atoms with Crippen LogP contribution in [-0.4, -0.2) is 20.7 Å². The Morgan fingerprint density at radius 2 is 2.00 bits per heavy atom. The van der Waals surface area contributed by atoms with Crippen LogP contribution in [0, 0.1) is 0 Å². The molecule has 1 N–H and O–H groups in total. The molecular formula is C15H9BrCl2N4O. The first kappa shape index (κ1) is 16.0. The third kappa shape index (κ3) is 3.39. The Balaban J connectivity index is 1.98. The summed E-state index contributed by atoms with van der Waals surface area (Å²) >= 11 is 15.6. The smallest absolute Gasteiger partial charge is 0.259 e. The highest BCUT2D eigenvalue weighted by atomic mass is 79.9. The highest BCUT2D eigenvalue weighted by Gasteiger charge is 2.17.